The van der Waals surface area contributed by atoms with Crippen molar-refractivity contribution in [3.05, 3.63) is 59.1 Å². The summed E-state index contributed by atoms with van der Waals surface area (Å²) in [6.45, 7) is 0.573. The highest BCUT2D eigenvalue weighted by atomic mass is 35.5. The quantitative estimate of drug-likeness (QED) is 0.607. The Kier molecular flexibility index (Phi) is 6.45. The molecule has 2 aromatic carbocycles. The van der Waals surface area contributed by atoms with Gasteiger partial charge >= 0.3 is 7.12 Å². The molecule has 0 heterocycles. The van der Waals surface area contributed by atoms with Crippen LogP contribution in [-0.2, 0) is 5.75 Å². The number of benzene rings is 2. The molecule has 0 aliphatic rings. The lowest BCUT2D eigenvalue weighted by Gasteiger charge is -2.08. The van der Waals surface area contributed by atoms with Crippen molar-refractivity contribution in [2.45, 2.75) is 5.75 Å². The van der Waals surface area contributed by atoms with Crippen LogP contribution in [0.25, 0.3) is 0 Å². The summed E-state index contributed by atoms with van der Waals surface area (Å²) < 4.78 is 5.59. The number of thioether (sulfide) groups is 1. The molecule has 0 aliphatic carbocycles. The topological polar surface area (TPSA) is 49.7 Å². The SMILES string of the molecule is OB(O)c1cccc(OCCSCc2ccc(Cl)cc2)c1. The van der Waals surface area contributed by atoms with Crippen LogP contribution < -0.4 is 10.2 Å². The molecule has 0 saturated carbocycles. The summed E-state index contributed by atoms with van der Waals surface area (Å²) >= 11 is 7.61. The van der Waals surface area contributed by atoms with Crippen LogP contribution in [-0.4, -0.2) is 29.5 Å². The summed E-state index contributed by atoms with van der Waals surface area (Å²) in [4.78, 5) is 0. The average molecular weight is 323 g/mol. The van der Waals surface area contributed by atoms with Gasteiger partial charge in [-0.3, -0.25) is 0 Å². The third-order valence-corrected chi connectivity index (χ3v) is 4.08. The fourth-order valence-corrected chi connectivity index (χ4v) is 2.65. The molecule has 0 atom stereocenters. The first-order chi connectivity index (χ1) is 10.1. The van der Waals surface area contributed by atoms with Gasteiger partial charge in [-0.25, -0.2) is 0 Å². The van der Waals surface area contributed by atoms with Crippen molar-refractivity contribution in [3.63, 3.8) is 0 Å². The molecule has 2 aromatic rings. The van der Waals surface area contributed by atoms with Crippen molar-refractivity contribution < 1.29 is 14.8 Å². The van der Waals surface area contributed by atoms with Crippen molar-refractivity contribution in [2.75, 3.05) is 12.4 Å². The lowest BCUT2D eigenvalue weighted by Crippen LogP contribution is -2.29. The van der Waals surface area contributed by atoms with Gasteiger partial charge in [-0.15, -0.1) is 0 Å². The van der Waals surface area contributed by atoms with Crippen molar-refractivity contribution in [3.8, 4) is 5.75 Å². The molecule has 0 aliphatic heterocycles. The number of hydrogen-bond donors (Lipinski definition) is 2. The minimum absolute atomic E-state index is 0.432. The fourth-order valence-electron chi connectivity index (χ4n) is 1.75. The molecular formula is C15H16BClO3S. The summed E-state index contributed by atoms with van der Waals surface area (Å²) in [5, 5.41) is 18.9. The Morgan fingerprint density at radius 3 is 2.57 bits per heavy atom. The Hall–Kier alpha value is -1.14. The number of hydrogen-bond acceptors (Lipinski definition) is 4. The summed E-state index contributed by atoms with van der Waals surface area (Å²) in [6.07, 6.45) is 0. The third kappa shape index (κ3) is 5.63. The lowest BCUT2D eigenvalue weighted by molar-refractivity contribution is 0.344. The van der Waals surface area contributed by atoms with Gasteiger partial charge in [0, 0.05) is 16.5 Å². The highest BCUT2D eigenvalue weighted by Crippen LogP contribution is 2.16. The van der Waals surface area contributed by atoms with E-state index >= 15 is 0 Å². The van der Waals surface area contributed by atoms with Gasteiger partial charge in [0.15, 0.2) is 0 Å². The number of ether oxygens (including phenoxy) is 1. The van der Waals surface area contributed by atoms with Crippen LogP contribution in [0, 0.1) is 0 Å². The Labute approximate surface area is 134 Å². The van der Waals surface area contributed by atoms with E-state index in [-0.39, 0.29) is 0 Å². The molecule has 0 bridgehead atoms. The van der Waals surface area contributed by atoms with Crippen molar-refractivity contribution >= 4 is 35.9 Å². The predicted octanol–water partition coefficient (Wildman–Crippen LogP) is 2.33. The van der Waals surface area contributed by atoms with Gasteiger partial charge in [0.05, 0.1) is 6.61 Å². The van der Waals surface area contributed by atoms with Gasteiger partial charge < -0.3 is 14.8 Å². The molecule has 0 amide bonds. The van der Waals surface area contributed by atoms with Gasteiger partial charge in [0.25, 0.3) is 0 Å². The molecule has 0 radical (unpaired) electrons. The number of halogens is 1. The second-order valence-electron chi connectivity index (χ2n) is 4.47. The van der Waals surface area contributed by atoms with Gasteiger partial charge in [-0.05, 0) is 35.3 Å². The normalized spacial score (nSPS) is 10.4. The van der Waals surface area contributed by atoms with Gasteiger partial charge in [-0.1, -0.05) is 35.9 Å². The van der Waals surface area contributed by atoms with Crippen LogP contribution in [0.5, 0.6) is 5.75 Å². The highest BCUT2D eigenvalue weighted by Gasteiger charge is 2.10. The van der Waals surface area contributed by atoms with E-state index < -0.39 is 7.12 Å². The molecule has 2 rings (SSSR count). The molecule has 0 aromatic heterocycles. The van der Waals surface area contributed by atoms with Crippen molar-refractivity contribution in [1.82, 2.24) is 0 Å². The minimum atomic E-state index is -1.46. The molecule has 0 unspecified atom stereocenters. The van der Waals surface area contributed by atoms with E-state index in [1.807, 2.05) is 24.3 Å². The Morgan fingerprint density at radius 1 is 1.10 bits per heavy atom. The summed E-state index contributed by atoms with van der Waals surface area (Å²) in [5.74, 6) is 2.41. The molecule has 21 heavy (non-hydrogen) atoms. The fraction of sp³-hybridized carbons (Fsp3) is 0.200. The molecule has 0 saturated heterocycles. The molecule has 0 spiro atoms. The molecule has 0 fully saturated rings. The zero-order valence-corrected chi connectivity index (χ0v) is 13.0. The second kappa shape index (κ2) is 8.34. The standard InChI is InChI=1S/C15H16BClO3S/c17-14-6-4-12(5-7-14)11-21-9-8-20-15-3-1-2-13(10-15)16(18)19/h1-7,10,18-19H,8-9,11H2. The van der Waals surface area contributed by atoms with Crippen LogP contribution in [0.2, 0.25) is 5.02 Å². The van der Waals surface area contributed by atoms with Gasteiger partial charge in [0.1, 0.15) is 5.75 Å². The van der Waals surface area contributed by atoms with Gasteiger partial charge in [0.2, 0.25) is 0 Å². The Balaban J connectivity index is 1.70. The van der Waals surface area contributed by atoms with Crippen molar-refractivity contribution in [1.29, 1.82) is 0 Å². The highest BCUT2D eigenvalue weighted by molar-refractivity contribution is 7.98. The molecular weight excluding hydrogens is 306 g/mol. The van der Waals surface area contributed by atoms with Gasteiger partial charge in [-0.2, -0.15) is 11.8 Å². The first-order valence-corrected chi connectivity index (χ1v) is 8.09. The first kappa shape index (κ1) is 16.2. The largest absolute Gasteiger partial charge is 0.493 e. The lowest BCUT2D eigenvalue weighted by atomic mass is 9.80. The predicted molar refractivity (Wildman–Crippen MR) is 89.4 cm³/mol. The molecule has 6 heteroatoms. The van der Waals surface area contributed by atoms with Crippen LogP contribution in [0.1, 0.15) is 5.56 Å². The Bertz CT molecular complexity index is 563. The number of rotatable bonds is 7. The van der Waals surface area contributed by atoms with Crippen LogP contribution in [0.15, 0.2) is 48.5 Å². The smallest absolute Gasteiger partial charge is 0.488 e. The van der Waals surface area contributed by atoms with Crippen molar-refractivity contribution in [2.24, 2.45) is 0 Å². The maximum Gasteiger partial charge on any atom is 0.488 e. The van der Waals surface area contributed by atoms with E-state index in [1.54, 1.807) is 36.0 Å². The summed E-state index contributed by atoms with van der Waals surface area (Å²) in [5.41, 5.74) is 1.66. The van der Waals surface area contributed by atoms with Crippen LogP contribution in [0.3, 0.4) is 0 Å². The maximum absolute atomic E-state index is 9.09. The monoisotopic (exact) mass is 322 g/mol. The summed E-state index contributed by atoms with van der Waals surface area (Å²) in [6, 6.07) is 14.6. The maximum atomic E-state index is 9.09. The van der Waals surface area contributed by atoms with E-state index in [0.29, 0.717) is 17.8 Å². The van der Waals surface area contributed by atoms with E-state index in [2.05, 4.69) is 0 Å². The average Bonchev–Trinajstić information content (AvgIpc) is 2.49. The van der Waals surface area contributed by atoms with E-state index in [9.17, 15) is 0 Å². The Morgan fingerprint density at radius 2 is 1.86 bits per heavy atom. The molecule has 110 valence electrons. The first-order valence-electron chi connectivity index (χ1n) is 6.56. The zero-order valence-electron chi connectivity index (χ0n) is 11.4. The minimum Gasteiger partial charge on any atom is -0.493 e. The third-order valence-electron chi connectivity index (χ3n) is 2.83. The zero-order chi connectivity index (χ0) is 15.1. The summed E-state index contributed by atoms with van der Waals surface area (Å²) in [7, 11) is -1.46. The molecule has 3 nitrogen and oxygen atoms in total. The van der Waals surface area contributed by atoms with Crippen LogP contribution >= 0.6 is 23.4 Å². The van der Waals surface area contributed by atoms with E-state index in [4.69, 9.17) is 26.4 Å². The van der Waals surface area contributed by atoms with Crippen LogP contribution in [0.4, 0.5) is 0 Å². The second-order valence-corrected chi connectivity index (χ2v) is 6.02. The molecule has 2 N–H and O–H groups in total. The van der Waals surface area contributed by atoms with E-state index in [1.165, 1.54) is 5.56 Å². The van der Waals surface area contributed by atoms with E-state index in [0.717, 1.165) is 16.5 Å².